The van der Waals surface area contributed by atoms with Crippen LogP contribution in [0.5, 0.6) is 0 Å². The molecule has 1 aliphatic carbocycles. The molecule has 1 fully saturated rings. The standard InChI is InChI=1S/C33H42N8O2/c1-4-23(28-18-24(28)5-2)10-14-35-33(42)37-26-8-6-25(7-9-26)31-38-29-19-40(30-11-13-34-21-36-30)15-12-27(29)32(39-31)41-16-17-43-20-22(41)3/h6-9,11,13,18,21-24H,4-5,10,12,14-17,19-20H2,1-3H3,(H2,35,37,42). The number of urea groups is 1. The zero-order chi connectivity index (χ0) is 29.8. The summed E-state index contributed by atoms with van der Waals surface area (Å²) in [5.74, 6) is 3.83. The Morgan fingerprint density at radius 3 is 2.72 bits per heavy atom. The number of aromatic nitrogens is 4. The van der Waals surface area contributed by atoms with Gasteiger partial charge < -0.3 is 25.2 Å². The number of benzene rings is 1. The molecule has 0 saturated carbocycles. The minimum atomic E-state index is -0.183. The van der Waals surface area contributed by atoms with E-state index in [1.54, 1.807) is 18.1 Å². The van der Waals surface area contributed by atoms with E-state index in [2.05, 4.69) is 57.2 Å². The lowest BCUT2D eigenvalue weighted by Gasteiger charge is -2.38. The number of hydrogen-bond donors (Lipinski definition) is 2. The quantitative estimate of drug-likeness (QED) is 0.313. The van der Waals surface area contributed by atoms with Crippen LogP contribution in [0.2, 0.25) is 0 Å². The molecule has 2 aliphatic heterocycles. The molecule has 4 heterocycles. The van der Waals surface area contributed by atoms with Crippen LogP contribution < -0.4 is 20.4 Å². The van der Waals surface area contributed by atoms with Crippen molar-refractivity contribution in [3.63, 3.8) is 0 Å². The summed E-state index contributed by atoms with van der Waals surface area (Å²) in [6, 6.07) is 9.77. The van der Waals surface area contributed by atoms with Gasteiger partial charge in [-0.05, 0) is 74.8 Å². The first-order valence-electron chi connectivity index (χ1n) is 15.7. The largest absolute Gasteiger partial charge is 0.377 e. The van der Waals surface area contributed by atoms with Gasteiger partial charge in [0.05, 0.1) is 31.5 Å². The van der Waals surface area contributed by atoms with Gasteiger partial charge in [0, 0.05) is 42.6 Å². The van der Waals surface area contributed by atoms with Crippen molar-refractivity contribution < 1.29 is 9.53 Å². The summed E-state index contributed by atoms with van der Waals surface area (Å²) in [5, 5.41) is 6.00. The number of ether oxygens (including phenoxy) is 1. The van der Waals surface area contributed by atoms with Crippen molar-refractivity contribution in [3.05, 3.63) is 65.8 Å². The number of hydrogen-bond acceptors (Lipinski definition) is 8. The third-order valence-corrected chi connectivity index (χ3v) is 8.87. The average Bonchev–Trinajstić information content (AvgIpc) is 3.83. The van der Waals surface area contributed by atoms with Crippen LogP contribution in [0.25, 0.3) is 11.4 Å². The summed E-state index contributed by atoms with van der Waals surface area (Å²) < 4.78 is 5.73. The summed E-state index contributed by atoms with van der Waals surface area (Å²) in [4.78, 5) is 35.9. The summed E-state index contributed by atoms with van der Waals surface area (Å²) >= 11 is 0. The lowest BCUT2D eigenvalue weighted by molar-refractivity contribution is 0.0984. The van der Waals surface area contributed by atoms with Crippen LogP contribution in [0.4, 0.5) is 22.1 Å². The first-order chi connectivity index (χ1) is 21.0. The van der Waals surface area contributed by atoms with Crippen molar-refractivity contribution in [2.75, 3.05) is 48.0 Å². The highest BCUT2D eigenvalue weighted by Crippen LogP contribution is 2.40. The second-order valence-electron chi connectivity index (χ2n) is 11.7. The molecule has 10 nitrogen and oxygen atoms in total. The first-order valence-corrected chi connectivity index (χ1v) is 15.7. The maximum Gasteiger partial charge on any atom is 0.319 e. The molecule has 0 spiro atoms. The fraction of sp³-hybridized carbons (Fsp3) is 0.485. The summed E-state index contributed by atoms with van der Waals surface area (Å²) in [5.41, 5.74) is 5.43. The lowest BCUT2D eigenvalue weighted by atomic mass is 9.96. The Morgan fingerprint density at radius 1 is 1.14 bits per heavy atom. The molecule has 0 bridgehead atoms. The number of rotatable bonds is 10. The van der Waals surface area contributed by atoms with E-state index in [4.69, 9.17) is 14.7 Å². The average molecular weight is 583 g/mol. The van der Waals surface area contributed by atoms with Crippen molar-refractivity contribution >= 4 is 23.4 Å². The predicted octanol–water partition coefficient (Wildman–Crippen LogP) is 5.23. The molecule has 3 unspecified atom stereocenters. The Hall–Kier alpha value is -4.05. The number of nitrogens with zero attached hydrogens (tertiary/aromatic N) is 6. The first kappa shape index (κ1) is 29.0. The van der Waals surface area contributed by atoms with Gasteiger partial charge in [0.1, 0.15) is 18.0 Å². The highest BCUT2D eigenvalue weighted by atomic mass is 16.5. The van der Waals surface area contributed by atoms with Gasteiger partial charge in [-0.3, -0.25) is 0 Å². The number of amides is 2. The van der Waals surface area contributed by atoms with E-state index in [0.29, 0.717) is 44.0 Å². The molecule has 3 aliphatic rings. The summed E-state index contributed by atoms with van der Waals surface area (Å²) in [6.45, 7) is 11.0. The van der Waals surface area contributed by atoms with Crippen LogP contribution in [0.3, 0.4) is 0 Å². The van der Waals surface area contributed by atoms with Gasteiger partial charge in [-0.2, -0.15) is 0 Å². The van der Waals surface area contributed by atoms with Crippen LogP contribution in [0, 0.1) is 11.8 Å². The van der Waals surface area contributed by atoms with Crippen LogP contribution in [-0.2, 0) is 17.7 Å². The summed E-state index contributed by atoms with van der Waals surface area (Å²) in [7, 11) is 0. The molecule has 6 rings (SSSR count). The zero-order valence-electron chi connectivity index (χ0n) is 25.4. The number of morpholine rings is 1. The molecule has 3 atom stereocenters. The molecule has 1 saturated heterocycles. The number of allylic oxidation sites excluding steroid dienone is 2. The third kappa shape index (κ3) is 6.64. The highest BCUT2D eigenvalue weighted by molar-refractivity contribution is 5.89. The van der Waals surface area contributed by atoms with Gasteiger partial charge in [-0.25, -0.2) is 24.7 Å². The number of anilines is 3. The summed E-state index contributed by atoms with van der Waals surface area (Å²) in [6.07, 6.45) is 9.84. The maximum atomic E-state index is 12.6. The number of carbonyl (C=O) groups excluding carboxylic acids is 1. The lowest BCUT2D eigenvalue weighted by Crippen LogP contribution is -2.45. The molecule has 2 N–H and O–H groups in total. The van der Waals surface area contributed by atoms with E-state index in [9.17, 15) is 4.79 Å². The fourth-order valence-corrected chi connectivity index (χ4v) is 6.31. The van der Waals surface area contributed by atoms with E-state index < -0.39 is 0 Å². The topological polar surface area (TPSA) is 108 Å². The van der Waals surface area contributed by atoms with E-state index in [-0.39, 0.29) is 12.1 Å². The Morgan fingerprint density at radius 2 is 2.00 bits per heavy atom. The van der Waals surface area contributed by atoms with Crippen LogP contribution in [0.1, 0.15) is 51.3 Å². The molecule has 43 heavy (non-hydrogen) atoms. The van der Waals surface area contributed by atoms with E-state index in [0.717, 1.165) is 60.9 Å². The minimum absolute atomic E-state index is 0.183. The molecule has 2 aromatic heterocycles. The van der Waals surface area contributed by atoms with Crippen molar-refractivity contribution in [1.82, 2.24) is 25.3 Å². The third-order valence-electron chi connectivity index (χ3n) is 8.87. The molecule has 226 valence electrons. The molecule has 10 heteroatoms. The highest BCUT2D eigenvalue weighted by Gasteiger charge is 2.30. The van der Waals surface area contributed by atoms with Crippen molar-refractivity contribution in [2.45, 2.75) is 59.0 Å². The Balaban J connectivity index is 1.16. The van der Waals surface area contributed by atoms with Crippen molar-refractivity contribution in [2.24, 2.45) is 11.8 Å². The Labute approximate surface area is 254 Å². The monoisotopic (exact) mass is 582 g/mol. The normalized spacial score (nSPS) is 20.2. The van der Waals surface area contributed by atoms with Gasteiger partial charge in [0.2, 0.25) is 0 Å². The molecule has 1 aromatic carbocycles. The molecule has 0 radical (unpaired) electrons. The molecular formula is C33H42N8O2. The van der Waals surface area contributed by atoms with Crippen LogP contribution in [0.15, 0.2) is 54.5 Å². The van der Waals surface area contributed by atoms with E-state index >= 15 is 0 Å². The second kappa shape index (κ2) is 13.1. The van der Waals surface area contributed by atoms with Crippen LogP contribution in [-0.4, -0.2) is 64.9 Å². The smallest absolute Gasteiger partial charge is 0.319 e. The Kier molecular flexibility index (Phi) is 8.83. The SMILES string of the molecule is CCC1C=C1C(CC)CCNC(=O)Nc1ccc(-c2nc3c(c(N4CCOCC4C)n2)CCN(c2ccncn2)C3)cc1. The van der Waals surface area contributed by atoms with Crippen LogP contribution >= 0.6 is 0 Å². The minimum Gasteiger partial charge on any atom is -0.377 e. The predicted molar refractivity (Wildman–Crippen MR) is 169 cm³/mol. The zero-order valence-corrected chi connectivity index (χ0v) is 25.4. The maximum absolute atomic E-state index is 12.6. The van der Waals surface area contributed by atoms with Gasteiger partial charge in [-0.15, -0.1) is 0 Å². The molecule has 2 amide bonds. The van der Waals surface area contributed by atoms with Gasteiger partial charge in [-0.1, -0.05) is 25.5 Å². The number of fused-ring (bicyclic) bond motifs is 1. The van der Waals surface area contributed by atoms with Gasteiger partial charge in [0.15, 0.2) is 5.82 Å². The molecule has 3 aromatic rings. The Bertz CT molecular complexity index is 1450. The van der Waals surface area contributed by atoms with Crippen molar-refractivity contribution in [3.8, 4) is 11.4 Å². The molecular weight excluding hydrogens is 540 g/mol. The van der Waals surface area contributed by atoms with Gasteiger partial charge >= 0.3 is 6.03 Å². The van der Waals surface area contributed by atoms with Gasteiger partial charge in [0.25, 0.3) is 0 Å². The second-order valence-corrected chi connectivity index (χ2v) is 11.7. The van der Waals surface area contributed by atoms with E-state index in [1.165, 1.54) is 12.0 Å². The fourth-order valence-electron chi connectivity index (χ4n) is 6.31. The van der Waals surface area contributed by atoms with Crippen molar-refractivity contribution in [1.29, 1.82) is 0 Å². The number of nitrogens with one attached hydrogen (secondary N) is 2. The van der Waals surface area contributed by atoms with E-state index in [1.807, 2.05) is 30.3 Å². The number of carbonyl (C=O) groups is 1.